The summed E-state index contributed by atoms with van der Waals surface area (Å²) in [5.41, 5.74) is 7.00. The minimum absolute atomic E-state index is 0.125. The standard InChI is InChI=1S/C24H28N4O5S/c25-22(29)17-27-23(30)20-8-6-19(7-9-20)16-26-24(31)21-10-13-28(14-11-21)34(32,33)15-12-18-4-2-1-3-5-18/h1-9,12,15,21H,10-11,13-14,16-17H2,(H2,25,29)(H,26,31)(H,27,30)/b15-12+. The van der Waals surface area contributed by atoms with Gasteiger partial charge in [-0.05, 0) is 42.2 Å². The lowest BCUT2D eigenvalue weighted by atomic mass is 9.97. The molecule has 1 saturated heterocycles. The number of amides is 3. The summed E-state index contributed by atoms with van der Waals surface area (Å²) in [6.07, 6.45) is 2.47. The van der Waals surface area contributed by atoms with E-state index in [1.165, 1.54) is 9.71 Å². The van der Waals surface area contributed by atoms with Crippen LogP contribution >= 0.6 is 0 Å². The highest BCUT2D eigenvalue weighted by Crippen LogP contribution is 2.21. The summed E-state index contributed by atoms with van der Waals surface area (Å²) in [4.78, 5) is 35.2. The smallest absolute Gasteiger partial charge is 0.251 e. The second-order valence-electron chi connectivity index (χ2n) is 8.00. The van der Waals surface area contributed by atoms with Gasteiger partial charge in [0.15, 0.2) is 0 Å². The van der Waals surface area contributed by atoms with Crippen LogP contribution in [0.4, 0.5) is 0 Å². The van der Waals surface area contributed by atoms with Crippen molar-refractivity contribution in [3.05, 3.63) is 76.7 Å². The monoisotopic (exact) mass is 484 g/mol. The van der Waals surface area contributed by atoms with Gasteiger partial charge in [-0.2, -0.15) is 4.31 Å². The van der Waals surface area contributed by atoms with Gasteiger partial charge in [-0.1, -0.05) is 42.5 Å². The van der Waals surface area contributed by atoms with Crippen molar-refractivity contribution in [1.29, 1.82) is 0 Å². The van der Waals surface area contributed by atoms with Gasteiger partial charge in [0.1, 0.15) is 0 Å². The zero-order valence-electron chi connectivity index (χ0n) is 18.6. The highest BCUT2D eigenvalue weighted by molar-refractivity contribution is 7.92. The largest absolute Gasteiger partial charge is 0.368 e. The van der Waals surface area contributed by atoms with Crippen LogP contribution in [0.2, 0.25) is 0 Å². The second-order valence-corrected chi connectivity index (χ2v) is 9.81. The number of benzene rings is 2. The summed E-state index contributed by atoms with van der Waals surface area (Å²) < 4.78 is 26.6. The van der Waals surface area contributed by atoms with Crippen molar-refractivity contribution >= 4 is 33.8 Å². The van der Waals surface area contributed by atoms with E-state index in [0.717, 1.165) is 11.1 Å². The average Bonchev–Trinajstić information content (AvgIpc) is 2.85. The van der Waals surface area contributed by atoms with Crippen LogP contribution in [0.15, 0.2) is 60.0 Å². The SMILES string of the molecule is NC(=O)CNC(=O)c1ccc(CNC(=O)C2CCN(S(=O)(=O)/C=C/c3ccccc3)CC2)cc1. The van der Waals surface area contributed by atoms with Crippen LogP contribution < -0.4 is 16.4 Å². The first-order valence-electron chi connectivity index (χ1n) is 10.9. The number of rotatable bonds is 9. The van der Waals surface area contributed by atoms with Gasteiger partial charge in [-0.25, -0.2) is 8.42 Å². The first-order chi connectivity index (χ1) is 16.2. The first-order valence-corrected chi connectivity index (χ1v) is 12.4. The number of primary amides is 1. The number of nitrogens with zero attached hydrogens (tertiary/aromatic N) is 1. The normalized spacial score (nSPS) is 15.2. The summed E-state index contributed by atoms with van der Waals surface area (Å²) in [6, 6.07) is 15.8. The Morgan fingerprint density at radius 2 is 1.62 bits per heavy atom. The number of hydrogen-bond acceptors (Lipinski definition) is 5. The van der Waals surface area contributed by atoms with Crippen LogP contribution in [0.1, 0.15) is 34.3 Å². The molecule has 1 aliphatic heterocycles. The molecule has 0 aliphatic carbocycles. The lowest BCUT2D eigenvalue weighted by Crippen LogP contribution is -2.42. The zero-order chi connectivity index (χ0) is 24.6. The molecule has 3 rings (SSSR count). The summed E-state index contributed by atoms with van der Waals surface area (Å²) >= 11 is 0. The highest BCUT2D eigenvalue weighted by atomic mass is 32.2. The Morgan fingerprint density at radius 3 is 2.24 bits per heavy atom. The molecule has 0 unspecified atom stereocenters. The van der Waals surface area contributed by atoms with Gasteiger partial charge in [-0.15, -0.1) is 0 Å². The van der Waals surface area contributed by atoms with E-state index in [-0.39, 0.29) is 31.5 Å². The number of sulfonamides is 1. The van der Waals surface area contributed by atoms with E-state index in [9.17, 15) is 22.8 Å². The fraction of sp³-hybridized carbons (Fsp3) is 0.292. The Labute approximate surface area is 199 Å². The van der Waals surface area contributed by atoms with Crippen LogP contribution in [0.25, 0.3) is 6.08 Å². The van der Waals surface area contributed by atoms with Crippen LogP contribution in [0.5, 0.6) is 0 Å². The summed E-state index contributed by atoms with van der Waals surface area (Å²) in [7, 11) is -3.54. The molecule has 0 spiro atoms. The van der Waals surface area contributed by atoms with Crippen LogP contribution in [0.3, 0.4) is 0 Å². The van der Waals surface area contributed by atoms with E-state index in [0.29, 0.717) is 24.9 Å². The third kappa shape index (κ3) is 7.26. The molecule has 0 saturated carbocycles. The minimum Gasteiger partial charge on any atom is -0.368 e. The molecule has 10 heteroatoms. The van der Waals surface area contributed by atoms with E-state index in [4.69, 9.17) is 5.73 Å². The van der Waals surface area contributed by atoms with Crippen molar-refractivity contribution in [3.8, 4) is 0 Å². The van der Waals surface area contributed by atoms with Crippen LogP contribution in [-0.2, 0) is 26.2 Å². The van der Waals surface area contributed by atoms with Crippen molar-refractivity contribution in [1.82, 2.24) is 14.9 Å². The molecule has 3 amide bonds. The van der Waals surface area contributed by atoms with Gasteiger partial charge in [-0.3, -0.25) is 14.4 Å². The topological polar surface area (TPSA) is 139 Å². The molecule has 1 fully saturated rings. The van der Waals surface area contributed by atoms with Crippen molar-refractivity contribution in [2.75, 3.05) is 19.6 Å². The van der Waals surface area contributed by atoms with E-state index in [1.807, 2.05) is 30.3 Å². The molecule has 0 radical (unpaired) electrons. The maximum atomic E-state index is 12.6. The minimum atomic E-state index is -3.54. The molecule has 0 atom stereocenters. The molecule has 2 aromatic carbocycles. The molecule has 0 bridgehead atoms. The average molecular weight is 485 g/mol. The van der Waals surface area contributed by atoms with Crippen LogP contribution in [-0.4, -0.2) is 50.1 Å². The third-order valence-corrected chi connectivity index (χ3v) is 7.09. The molecule has 34 heavy (non-hydrogen) atoms. The summed E-state index contributed by atoms with van der Waals surface area (Å²) in [5, 5.41) is 6.49. The van der Waals surface area contributed by atoms with E-state index in [2.05, 4.69) is 10.6 Å². The van der Waals surface area contributed by atoms with E-state index in [1.54, 1.807) is 30.3 Å². The molecule has 1 heterocycles. The van der Waals surface area contributed by atoms with Crippen molar-refractivity contribution < 1.29 is 22.8 Å². The molecule has 2 aromatic rings. The van der Waals surface area contributed by atoms with Crippen LogP contribution in [0, 0.1) is 5.92 Å². The molecule has 1 aliphatic rings. The molecule has 4 N–H and O–H groups in total. The second kappa shape index (κ2) is 11.6. The van der Waals surface area contributed by atoms with Gasteiger partial charge in [0.05, 0.1) is 6.54 Å². The third-order valence-electron chi connectivity index (χ3n) is 5.52. The summed E-state index contributed by atoms with van der Waals surface area (Å²) in [6.45, 7) is 0.629. The van der Waals surface area contributed by atoms with Gasteiger partial charge in [0.2, 0.25) is 21.8 Å². The predicted octanol–water partition coefficient (Wildman–Crippen LogP) is 1.23. The number of nitrogens with one attached hydrogen (secondary N) is 2. The Kier molecular flexibility index (Phi) is 8.55. The number of nitrogens with two attached hydrogens (primary N) is 1. The maximum Gasteiger partial charge on any atom is 0.251 e. The molecular weight excluding hydrogens is 456 g/mol. The van der Waals surface area contributed by atoms with Gasteiger partial charge >= 0.3 is 0 Å². The Hall–Kier alpha value is -3.50. The number of hydrogen-bond donors (Lipinski definition) is 3. The van der Waals surface area contributed by atoms with Crippen molar-refractivity contribution in [2.45, 2.75) is 19.4 Å². The van der Waals surface area contributed by atoms with E-state index >= 15 is 0 Å². The van der Waals surface area contributed by atoms with Gasteiger partial charge in [0.25, 0.3) is 5.91 Å². The zero-order valence-corrected chi connectivity index (χ0v) is 19.5. The number of carbonyl (C=O) groups excluding carboxylic acids is 3. The molecule has 9 nitrogen and oxygen atoms in total. The Balaban J connectivity index is 1.45. The predicted molar refractivity (Wildman–Crippen MR) is 129 cm³/mol. The number of piperidine rings is 1. The fourth-order valence-corrected chi connectivity index (χ4v) is 4.79. The molecule has 0 aromatic heterocycles. The first kappa shape index (κ1) is 25.1. The summed E-state index contributed by atoms with van der Waals surface area (Å²) in [5.74, 6) is -1.42. The quantitative estimate of drug-likeness (QED) is 0.491. The number of carbonyl (C=O) groups is 3. The molecular formula is C24H28N4O5S. The lowest BCUT2D eigenvalue weighted by molar-refractivity contribution is -0.126. The maximum absolute atomic E-state index is 12.6. The Morgan fingerprint density at radius 1 is 0.971 bits per heavy atom. The lowest BCUT2D eigenvalue weighted by Gasteiger charge is -2.29. The van der Waals surface area contributed by atoms with Gasteiger partial charge in [0, 0.05) is 36.5 Å². The van der Waals surface area contributed by atoms with Crippen molar-refractivity contribution in [2.24, 2.45) is 11.7 Å². The Bertz CT molecular complexity index is 1140. The van der Waals surface area contributed by atoms with E-state index < -0.39 is 21.8 Å². The molecule has 180 valence electrons. The van der Waals surface area contributed by atoms with Crippen molar-refractivity contribution in [3.63, 3.8) is 0 Å². The highest BCUT2D eigenvalue weighted by Gasteiger charge is 2.29. The van der Waals surface area contributed by atoms with Gasteiger partial charge < -0.3 is 16.4 Å². The fourth-order valence-electron chi connectivity index (χ4n) is 3.56.